The number of hydrogen-bond acceptors (Lipinski definition) is 1. The van der Waals surface area contributed by atoms with Crippen LogP contribution in [0.4, 0.5) is 0 Å². The molecular weight excluding hydrogens is 124 g/mol. The Bertz CT molecular complexity index is 208. The molecule has 0 spiro atoms. The molecule has 1 rings (SSSR count). The minimum atomic E-state index is -1.63. The minimum Gasteiger partial charge on any atom is -0.389 e. The van der Waals surface area contributed by atoms with E-state index in [1.54, 1.807) is 0 Å². The van der Waals surface area contributed by atoms with Crippen LogP contribution >= 0.6 is 11.6 Å². The summed E-state index contributed by atoms with van der Waals surface area (Å²) in [6.07, 6.45) is 1.12. The molecule has 8 heavy (non-hydrogen) atoms. The van der Waals surface area contributed by atoms with Crippen molar-refractivity contribution in [3.8, 4) is 0 Å². The van der Waals surface area contributed by atoms with E-state index in [1.165, 1.54) is 6.08 Å². The lowest BCUT2D eigenvalue weighted by Gasteiger charge is -2.04. The molecule has 44 valence electrons. The van der Waals surface area contributed by atoms with Crippen molar-refractivity contribution in [2.75, 3.05) is 0 Å². The first-order valence-corrected chi connectivity index (χ1v) is 2.67. The summed E-state index contributed by atoms with van der Waals surface area (Å²) in [5.41, 5.74) is 0. The van der Waals surface area contributed by atoms with E-state index >= 15 is 0 Å². The van der Waals surface area contributed by atoms with Crippen molar-refractivity contribution in [2.45, 2.75) is 12.5 Å². The summed E-state index contributed by atoms with van der Waals surface area (Å²) in [5.74, 6) is 0. The molecule has 0 saturated carbocycles. The Hall–Kier alpha value is -0.270. The third-order valence-corrected chi connectivity index (χ3v) is 1.13. The second-order valence-corrected chi connectivity index (χ2v) is 1.94. The molecule has 1 aliphatic rings. The molecule has 0 radical (unpaired) electrons. The summed E-state index contributed by atoms with van der Waals surface area (Å²) < 4.78 is 14.2. The Kier molecular flexibility index (Phi) is 1.08. The van der Waals surface area contributed by atoms with Crippen LogP contribution in [-0.4, -0.2) is 11.2 Å². The second-order valence-electron chi connectivity index (χ2n) is 1.54. The van der Waals surface area contributed by atoms with E-state index < -0.39 is 6.08 Å². The quantitative estimate of drug-likeness (QED) is 0.529. The summed E-state index contributed by atoms with van der Waals surface area (Å²) in [7, 11) is 0. The fourth-order valence-electron chi connectivity index (χ4n) is 0.464. The van der Waals surface area contributed by atoms with Gasteiger partial charge < -0.3 is 5.11 Å². The van der Waals surface area contributed by atoms with Gasteiger partial charge in [0.05, 0.1) is 8.82 Å². The van der Waals surface area contributed by atoms with Crippen molar-refractivity contribution in [1.29, 1.82) is 0 Å². The Balaban J connectivity index is 2.87. The van der Waals surface area contributed by atoms with Gasteiger partial charge in [-0.05, 0) is 12.5 Å². The van der Waals surface area contributed by atoms with E-state index in [0.717, 1.165) is 6.08 Å². The van der Waals surface area contributed by atoms with Crippen molar-refractivity contribution in [3.63, 3.8) is 0 Å². The molecule has 0 aromatic heterocycles. The van der Waals surface area contributed by atoms with Crippen LogP contribution in [0, 0.1) is 0 Å². The van der Waals surface area contributed by atoms with Gasteiger partial charge in [-0.2, -0.15) is 0 Å². The topological polar surface area (TPSA) is 20.2 Å². The molecule has 0 aliphatic heterocycles. The maximum Gasteiger partial charge on any atom is 0.0759 e. The highest BCUT2D eigenvalue weighted by Gasteiger charge is 2.00. The van der Waals surface area contributed by atoms with Crippen LogP contribution in [-0.2, 0) is 0 Å². The molecule has 1 unspecified atom stereocenters. The zero-order valence-corrected chi connectivity index (χ0v) is 4.94. The Morgan fingerprint density at radius 3 is 3.38 bits per heavy atom. The maximum absolute atomic E-state index is 9.03. The number of rotatable bonds is 0. The number of aliphatic hydroxyl groups is 1. The molecular formula is C6H7ClO. The number of allylic oxidation sites excluding steroid dienone is 2. The van der Waals surface area contributed by atoms with Gasteiger partial charge in [-0.15, -0.1) is 0 Å². The highest BCUT2D eigenvalue weighted by Crippen LogP contribution is 2.12. The van der Waals surface area contributed by atoms with Crippen LogP contribution in [0.3, 0.4) is 0 Å². The van der Waals surface area contributed by atoms with Crippen LogP contribution in [0.15, 0.2) is 23.2 Å². The SMILES string of the molecule is [2H]C1=CC([2H])(O)CC=C1Cl. The van der Waals surface area contributed by atoms with Gasteiger partial charge in [-0.3, -0.25) is 0 Å². The lowest BCUT2D eigenvalue weighted by atomic mass is 10.1. The first-order valence-electron chi connectivity index (χ1n) is 3.29. The average Bonchev–Trinajstić information content (AvgIpc) is 1.79. The molecule has 0 aromatic carbocycles. The second kappa shape index (κ2) is 2.33. The maximum atomic E-state index is 9.03. The van der Waals surface area contributed by atoms with Crippen molar-refractivity contribution in [1.82, 2.24) is 0 Å². The molecule has 0 aromatic rings. The average molecular weight is 133 g/mol. The van der Waals surface area contributed by atoms with Gasteiger partial charge in [0.15, 0.2) is 0 Å². The van der Waals surface area contributed by atoms with Crippen molar-refractivity contribution in [3.05, 3.63) is 23.2 Å². The van der Waals surface area contributed by atoms with E-state index in [1.807, 2.05) is 0 Å². The number of halogens is 1. The Morgan fingerprint density at radius 2 is 2.88 bits per heavy atom. The largest absolute Gasteiger partial charge is 0.389 e. The van der Waals surface area contributed by atoms with Gasteiger partial charge in [0, 0.05) is 5.03 Å². The molecule has 0 saturated heterocycles. The van der Waals surface area contributed by atoms with Crippen LogP contribution in [0.25, 0.3) is 0 Å². The number of hydrogen-bond donors (Lipinski definition) is 1. The van der Waals surface area contributed by atoms with Gasteiger partial charge in [-0.1, -0.05) is 23.8 Å². The lowest BCUT2D eigenvalue weighted by Crippen LogP contribution is -2.02. The van der Waals surface area contributed by atoms with E-state index in [9.17, 15) is 0 Å². The predicted octanol–water partition coefficient (Wildman–Crippen LogP) is 1.43. The molecule has 1 N–H and O–H groups in total. The monoisotopic (exact) mass is 132 g/mol. The first kappa shape index (κ1) is 3.70. The van der Waals surface area contributed by atoms with Gasteiger partial charge in [0.1, 0.15) is 0 Å². The van der Waals surface area contributed by atoms with Crippen molar-refractivity contribution >= 4 is 11.6 Å². The molecule has 1 nitrogen and oxygen atoms in total. The minimum absolute atomic E-state index is 0.0189. The molecule has 0 amide bonds. The zero-order chi connectivity index (χ0) is 7.78. The molecule has 2 heteroatoms. The van der Waals surface area contributed by atoms with Gasteiger partial charge in [0.2, 0.25) is 0 Å². The van der Waals surface area contributed by atoms with Crippen LogP contribution in [0.2, 0.25) is 0 Å². The molecule has 0 heterocycles. The smallest absolute Gasteiger partial charge is 0.0759 e. The molecule has 1 aliphatic carbocycles. The zero-order valence-electron chi connectivity index (χ0n) is 6.19. The van der Waals surface area contributed by atoms with Crippen LogP contribution in [0.1, 0.15) is 9.16 Å². The molecule has 0 bridgehead atoms. The third-order valence-electron chi connectivity index (χ3n) is 0.867. The highest BCUT2D eigenvalue weighted by atomic mass is 35.5. The van der Waals surface area contributed by atoms with Crippen LogP contribution < -0.4 is 0 Å². The third kappa shape index (κ3) is 1.35. The summed E-state index contributed by atoms with van der Waals surface area (Å²) in [5, 5.41) is 9.33. The molecule has 0 fully saturated rings. The summed E-state index contributed by atoms with van der Waals surface area (Å²) in [6.45, 7) is 0. The van der Waals surface area contributed by atoms with Gasteiger partial charge >= 0.3 is 0 Å². The summed E-state index contributed by atoms with van der Waals surface area (Å²) in [6, 6.07) is 0.0189. The molecule has 1 atom stereocenters. The van der Waals surface area contributed by atoms with E-state index in [2.05, 4.69) is 0 Å². The summed E-state index contributed by atoms with van der Waals surface area (Å²) in [4.78, 5) is 0. The van der Waals surface area contributed by atoms with Crippen molar-refractivity contribution in [2.24, 2.45) is 0 Å². The predicted molar refractivity (Wildman–Crippen MR) is 33.7 cm³/mol. The first-order chi connectivity index (χ1) is 4.51. The Labute approximate surface area is 56.1 Å². The fourth-order valence-corrected chi connectivity index (χ4v) is 0.596. The fraction of sp³-hybridized carbons (Fsp3) is 0.333. The van der Waals surface area contributed by atoms with Gasteiger partial charge in [0.25, 0.3) is 0 Å². The van der Waals surface area contributed by atoms with Gasteiger partial charge in [-0.25, -0.2) is 0 Å². The lowest BCUT2D eigenvalue weighted by molar-refractivity contribution is 0.225. The van der Waals surface area contributed by atoms with Crippen LogP contribution in [0.5, 0.6) is 0 Å². The van der Waals surface area contributed by atoms with E-state index in [-0.39, 0.29) is 12.5 Å². The van der Waals surface area contributed by atoms with E-state index in [0.29, 0.717) is 5.03 Å². The normalized spacial score (nSPS) is 41.8. The Morgan fingerprint density at radius 1 is 2.12 bits per heavy atom. The van der Waals surface area contributed by atoms with Crippen molar-refractivity contribution < 1.29 is 7.85 Å². The highest BCUT2D eigenvalue weighted by molar-refractivity contribution is 6.31. The van der Waals surface area contributed by atoms with E-state index in [4.69, 9.17) is 19.4 Å². The summed E-state index contributed by atoms with van der Waals surface area (Å²) >= 11 is 5.51. The standard InChI is InChI=1S/C6H7ClO/c7-5-1-3-6(8)4-2-5/h1-3,6,8H,4H2/i1D,6D.